The number of carbonyl (C=O) groups excluding carboxylic acids is 1. The molecule has 1 aromatic carbocycles. The minimum atomic E-state index is -0.870. The SMILES string of the molecule is CC(=O)NC(Cc1cc(F)cc(F)c1)C(O)CNC1(CCCN2CCC=N2)CC1. The molecular weight excluding hydrogens is 378 g/mol. The Morgan fingerprint density at radius 3 is 2.62 bits per heavy atom. The van der Waals surface area contributed by atoms with Crippen LogP contribution in [0.4, 0.5) is 8.78 Å². The summed E-state index contributed by atoms with van der Waals surface area (Å²) >= 11 is 0. The van der Waals surface area contributed by atoms with Crippen molar-refractivity contribution < 1.29 is 18.7 Å². The Kier molecular flexibility index (Phi) is 7.18. The lowest BCUT2D eigenvalue weighted by molar-refractivity contribution is -0.120. The molecule has 0 spiro atoms. The minimum absolute atomic E-state index is 0.0379. The fraction of sp³-hybridized carbons (Fsp3) is 0.619. The van der Waals surface area contributed by atoms with Crippen LogP contribution in [-0.4, -0.2) is 59.6 Å². The van der Waals surface area contributed by atoms with Crippen molar-refractivity contribution >= 4 is 12.1 Å². The maximum atomic E-state index is 13.5. The number of aliphatic hydroxyl groups is 1. The Hall–Kier alpha value is -2.06. The number of benzene rings is 1. The number of nitrogens with one attached hydrogen (secondary N) is 2. The van der Waals surface area contributed by atoms with Crippen LogP contribution in [0.3, 0.4) is 0 Å². The van der Waals surface area contributed by atoms with Crippen molar-refractivity contribution in [1.29, 1.82) is 0 Å². The first kappa shape index (κ1) is 21.6. The van der Waals surface area contributed by atoms with Gasteiger partial charge in [-0.05, 0) is 49.8 Å². The molecule has 0 radical (unpaired) electrons. The number of amides is 1. The summed E-state index contributed by atoms with van der Waals surface area (Å²) in [6.45, 7) is 3.59. The van der Waals surface area contributed by atoms with Gasteiger partial charge in [0.05, 0.1) is 12.1 Å². The van der Waals surface area contributed by atoms with Gasteiger partial charge in [0.1, 0.15) is 11.6 Å². The number of β-amino-alcohol motifs (C(OH)–C–C–N with tert-alkyl or cyclic N) is 1. The van der Waals surface area contributed by atoms with E-state index in [9.17, 15) is 18.7 Å². The summed E-state index contributed by atoms with van der Waals surface area (Å²) in [5.41, 5.74) is 0.434. The molecule has 1 aliphatic heterocycles. The molecular formula is C21H30F2N4O2. The third kappa shape index (κ3) is 6.75. The summed E-state index contributed by atoms with van der Waals surface area (Å²) in [5, 5.41) is 23.2. The molecule has 3 rings (SSSR count). The number of hydrazone groups is 1. The van der Waals surface area contributed by atoms with E-state index >= 15 is 0 Å². The highest BCUT2D eigenvalue weighted by molar-refractivity contribution is 5.73. The van der Waals surface area contributed by atoms with E-state index in [4.69, 9.17) is 0 Å². The van der Waals surface area contributed by atoms with Crippen LogP contribution in [-0.2, 0) is 11.2 Å². The second kappa shape index (κ2) is 9.63. The zero-order valence-electron chi connectivity index (χ0n) is 16.8. The molecule has 8 heteroatoms. The largest absolute Gasteiger partial charge is 0.390 e. The van der Waals surface area contributed by atoms with Gasteiger partial charge in [-0.1, -0.05) is 0 Å². The van der Waals surface area contributed by atoms with E-state index < -0.39 is 23.8 Å². The van der Waals surface area contributed by atoms with E-state index in [-0.39, 0.29) is 17.9 Å². The predicted octanol–water partition coefficient (Wildman–Crippen LogP) is 1.97. The van der Waals surface area contributed by atoms with Crippen molar-refractivity contribution in [2.75, 3.05) is 19.6 Å². The van der Waals surface area contributed by atoms with Crippen molar-refractivity contribution in [2.24, 2.45) is 5.10 Å². The van der Waals surface area contributed by atoms with Gasteiger partial charge in [0.15, 0.2) is 0 Å². The fourth-order valence-corrected chi connectivity index (χ4v) is 3.86. The monoisotopic (exact) mass is 408 g/mol. The van der Waals surface area contributed by atoms with Crippen LogP contribution in [0.25, 0.3) is 0 Å². The number of aliphatic hydroxyl groups excluding tert-OH is 1. The van der Waals surface area contributed by atoms with Crippen molar-refractivity contribution in [2.45, 2.75) is 63.1 Å². The van der Waals surface area contributed by atoms with E-state index in [1.165, 1.54) is 19.1 Å². The lowest BCUT2D eigenvalue weighted by Crippen LogP contribution is -2.50. The molecule has 2 atom stereocenters. The first-order chi connectivity index (χ1) is 13.8. The Bertz CT molecular complexity index is 719. The van der Waals surface area contributed by atoms with E-state index in [0.29, 0.717) is 12.1 Å². The molecule has 1 heterocycles. The van der Waals surface area contributed by atoms with Crippen molar-refractivity contribution in [1.82, 2.24) is 15.6 Å². The van der Waals surface area contributed by atoms with Gasteiger partial charge in [0, 0.05) is 50.8 Å². The zero-order valence-corrected chi connectivity index (χ0v) is 16.8. The molecule has 0 saturated heterocycles. The van der Waals surface area contributed by atoms with E-state index in [1.54, 1.807) is 0 Å². The Labute approximate surface area is 170 Å². The topological polar surface area (TPSA) is 77.0 Å². The minimum Gasteiger partial charge on any atom is -0.390 e. The van der Waals surface area contributed by atoms with Gasteiger partial charge in [-0.25, -0.2) is 8.78 Å². The molecule has 2 unspecified atom stereocenters. The fourth-order valence-electron chi connectivity index (χ4n) is 3.86. The molecule has 1 aromatic rings. The summed E-state index contributed by atoms with van der Waals surface area (Å²) in [6, 6.07) is 2.62. The maximum Gasteiger partial charge on any atom is 0.217 e. The highest BCUT2D eigenvalue weighted by Gasteiger charge is 2.42. The molecule has 0 bridgehead atoms. The molecule has 160 valence electrons. The molecule has 0 aromatic heterocycles. The lowest BCUT2D eigenvalue weighted by Gasteiger charge is -2.27. The molecule has 6 nitrogen and oxygen atoms in total. The van der Waals surface area contributed by atoms with Gasteiger partial charge in [-0.15, -0.1) is 0 Å². The Morgan fingerprint density at radius 2 is 2.03 bits per heavy atom. The molecule has 1 amide bonds. The first-order valence-electron chi connectivity index (χ1n) is 10.3. The van der Waals surface area contributed by atoms with Crippen LogP contribution in [0.15, 0.2) is 23.3 Å². The van der Waals surface area contributed by atoms with Crippen LogP contribution in [0, 0.1) is 11.6 Å². The maximum absolute atomic E-state index is 13.5. The third-order valence-electron chi connectivity index (χ3n) is 5.60. The number of rotatable bonds is 11. The zero-order chi connectivity index (χ0) is 20.9. The summed E-state index contributed by atoms with van der Waals surface area (Å²) in [7, 11) is 0. The van der Waals surface area contributed by atoms with E-state index in [1.807, 2.05) is 6.21 Å². The van der Waals surface area contributed by atoms with Gasteiger partial charge in [0.25, 0.3) is 0 Å². The lowest BCUT2D eigenvalue weighted by atomic mass is 10.00. The van der Waals surface area contributed by atoms with Crippen LogP contribution in [0.5, 0.6) is 0 Å². The smallest absolute Gasteiger partial charge is 0.217 e. The van der Waals surface area contributed by atoms with Gasteiger partial charge in [-0.2, -0.15) is 5.10 Å². The van der Waals surface area contributed by atoms with E-state index in [2.05, 4.69) is 20.7 Å². The quantitative estimate of drug-likeness (QED) is 0.523. The average Bonchev–Trinajstić information content (AvgIpc) is 3.21. The average molecular weight is 408 g/mol. The number of halogens is 2. The molecule has 2 aliphatic rings. The van der Waals surface area contributed by atoms with Crippen molar-refractivity contribution in [3.63, 3.8) is 0 Å². The first-order valence-corrected chi connectivity index (χ1v) is 10.3. The van der Waals surface area contributed by atoms with Gasteiger partial charge in [0.2, 0.25) is 5.91 Å². The molecule has 29 heavy (non-hydrogen) atoms. The van der Waals surface area contributed by atoms with Crippen molar-refractivity contribution in [3.05, 3.63) is 35.4 Å². The summed E-state index contributed by atoms with van der Waals surface area (Å²) < 4.78 is 26.9. The summed E-state index contributed by atoms with van der Waals surface area (Å²) in [4.78, 5) is 11.6. The molecule has 3 N–H and O–H groups in total. The second-order valence-electron chi connectivity index (χ2n) is 8.16. The van der Waals surface area contributed by atoms with Crippen LogP contribution in [0.2, 0.25) is 0 Å². The molecule has 1 fully saturated rings. The third-order valence-corrected chi connectivity index (χ3v) is 5.60. The van der Waals surface area contributed by atoms with Crippen molar-refractivity contribution in [3.8, 4) is 0 Å². The highest BCUT2D eigenvalue weighted by Crippen LogP contribution is 2.39. The number of hydrogen-bond acceptors (Lipinski definition) is 5. The number of carbonyl (C=O) groups is 1. The normalized spacial score (nSPS) is 19.2. The predicted molar refractivity (Wildman–Crippen MR) is 108 cm³/mol. The summed E-state index contributed by atoms with van der Waals surface area (Å²) in [6.07, 6.45) is 6.38. The van der Waals surface area contributed by atoms with Crippen LogP contribution < -0.4 is 10.6 Å². The van der Waals surface area contributed by atoms with Gasteiger partial charge in [-0.3, -0.25) is 9.80 Å². The second-order valence-corrected chi connectivity index (χ2v) is 8.16. The van der Waals surface area contributed by atoms with Gasteiger partial charge < -0.3 is 15.7 Å². The summed E-state index contributed by atoms with van der Waals surface area (Å²) in [5.74, 6) is -1.64. The van der Waals surface area contributed by atoms with Gasteiger partial charge >= 0.3 is 0 Å². The van der Waals surface area contributed by atoms with Crippen LogP contribution >= 0.6 is 0 Å². The number of nitrogens with zero attached hydrogens (tertiary/aromatic N) is 2. The standard InChI is InChI=1S/C21H30F2N4O2/c1-15(28)26-19(12-16-10-17(22)13-18(23)11-16)20(29)14-24-21(5-6-21)4-2-8-27-9-3-7-25-27/h7,10-11,13,19-20,24,29H,2-6,8-9,12,14H2,1H3,(H,26,28). The Morgan fingerprint density at radius 1 is 1.31 bits per heavy atom. The number of hydrogen-bond donors (Lipinski definition) is 3. The Balaban J connectivity index is 1.50. The highest BCUT2D eigenvalue weighted by atomic mass is 19.1. The van der Waals surface area contributed by atoms with Crippen LogP contribution in [0.1, 0.15) is 44.6 Å². The molecule has 1 aliphatic carbocycles. The van der Waals surface area contributed by atoms with E-state index in [0.717, 1.165) is 51.3 Å². The molecule has 1 saturated carbocycles.